The molecule has 0 unspecified atom stereocenters. The van der Waals surface area contributed by atoms with Crippen molar-refractivity contribution in [3.63, 3.8) is 0 Å². The predicted octanol–water partition coefficient (Wildman–Crippen LogP) is 3.87. The van der Waals surface area contributed by atoms with E-state index in [1.165, 1.54) is 12.8 Å². The van der Waals surface area contributed by atoms with Crippen LogP contribution < -0.4 is 5.32 Å². The van der Waals surface area contributed by atoms with Gasteiger partial charge in [-0.1, -0.05) is 47.0 Å². The number of rotatable bonds is 3. The number of para-hydroxylation sites is 1. The molecule has 4 heteroatoms. The SMILES string of the molecule is O=C(NC1(CBr)CCCC1)c1cc2ccccc2o1. The number of amides is 1. The Kier molecular flexibility index (Phi) is 3.35. The smallest absolute Gasteiger partial charge is 0.287 e. The highest BCUT2D eigenvalue weighted by Crippen LogP contribution is 2.31. The van der Waals surface area contributed by atoms with E-state index in [2.05, 4.69) is 21.2 Å². The Hall–Kier alpha value is -1.29. The normalized spacial score (nSPS) is 17.7. The van der Waals surface area contributed by atoms with E-state index >= 15 is 0 Å². The number of carbonyl (C=O) groups is 1. The summed E-state index contributed by atoms with van der Waals surface area (Å²) in [6.07, 6.45) is 4.41. The molecule has 100 valence electrons. The van der Waals surface area contributed by atoms with Crippen molar-refractivity contribution in [2.75, 3.05) is 5.33 Å². The summed E-state index contributed by atoms with van der Waals surface area (Å²) in [7, 11) is 0. The first-order valence-corrected chi connectivity index (χ1v) is 7.72. The summed E-state index contributed by atoms with van der Waals surface area (Å²) in [5, 5.41) is 4.90. The molecule has 3 rings (SSSR count). The summed E-state index contributed by atoms with van der Waals surface area (Å²) >= 11 is 3.52. The molecular formula is C15H16BrNO2. The minimum atomic E-state index is -0.113. The molecule has 0 spiro atoms. The van der Waals surface area contributed by atoms with E-state index in [0.29, 0.717) is 5.76 Å². The topological polar surface area (TPSA) is 42.2 Å². The molecule has 1 aromatic carbocycles. The van der Waals surface area contributed by atoms with Gasteiger partial charge in [-0.15, -0.1) is 0 Å². The lowest BCUT2D eigenvalue weighted by Gasteiger charge is -2.27. The van der Waals surface area contributed by atoms with Crippen molar-refractivity contribution in [1.29, 1.82) is 0 Å². The highest BCUT2D eigenvalue weighted by atomic mass is 79.9. The van der Waals surface area contributed by atoms with Crippen molar-refractivity contribution in [1.82, 2.24) is 5.32 Å². The van der Waals surface area contributed by atoms with Gasteiger partial charge < -0.3 is 9.73 Å². The predicted molar refractivity (Wildman–Crippen MR) is 78.7 cm³/mol. The Bertz CT molecular complexity index is 566. The molecule has 1 aromatic heterocycles. The quantitative estimate of drug-likeness (QED) is 0.872. The lowest BCUT2D eigenvalue weighted by Crippen LogP contribution is -2.47. The molecule has 1 aliphatic carbocycles. The Morgan fingerprint density at radius 3 is 2.74 bits per heavy atom. The monoisotopic (exact) mass is 321 g/mol. The number of hydrogen-bond donors (Lipinski definition) is 1. The van der Waals surface area contributed by atoms with Crippen LogP contribution in [0, 0.1) is 0 Å². The van der Waals surface area contributed by atoms with Gasteiger partial charge in [0.05, 0.1) is 5.54 Å². The third-order valence-corrected chi connectivity index (χ3v) is 4.92. The Labute approximate surface area is 120 Å². The second-order valence-corrected chi connectivity index (χ2v) is 5.78. The van der Waals surface area contributed by atoms with Crippen LogP contribution in [0.15, 0.2) is 34.7 Å². The van der Waals surface area contributed by atoms with Crippen LogP contribution >= 0.6 is 15.9 Å². The summed E-state index contributed by atoms with van der Waals surface area (Å²) in [5.41, 5.74) is 0.655. The third kappa shape index (κ3) is 2.41. The number of nitrogens with one attached hydrogen (secondary N) is 1. The van der Waals surface area contributed by atoms with Gasteiger partial charge in [0, 0.05) is 10.7 Å². The fourth-order valence-electron chi connectivity index (χ4n) is 2.74. The fourth-order valence-corrected chi connectivity index (χ4v) is 3.44. The van der Waals surface area contributed by atoms with Crippen molar-refractivity contribution >= 4 is 32.8 Å². The van der Waals surface area contributed by atoms with Gasteiger partial charge >= 0.3 is 0 Å². The number of alkyl halides is 1. The van der Waals surface area contributed by atoms with E-state index in [0.717, 1.165) is 29.1 Å². The van der Waals surface area contributed by atoms with Gasteiger partial charge in [-0.05, 0) is 25.0 Å². The summed E-state index contributed by atoms with van der Waals surface area (Å²) in [6.45, 7) is 0. The third-order valence-electron chi connectivity index (χ3n) is 3.84. The number of benzene rings is 1. The minimum absolute atomic E-state index is 0.101. The largest absolute Gasteiger partial charge is 0.451 e. The second-order valence-electron chi connectivity index (χ2n) is 5.22. The number of furan rings is 1. The van der Waals surface area contributed by atoms with Crippen LogP contribution in [0.2, 0.25) is 0 Å². The van der Waals surface area contributed by atoms with Crippen molar-refractivity contribution in [2.45, 2.75) is 31.2 Å². The highest BCUT2D eigenvalue weighted by molar-refractivity contribution is 9.09. The zero-order valence-corrected chi connectivity index (χ0v) is 12.2. The van der Waals surface area contributed by atoms with Crippen molar-refractivity contribution in [3.8, 4) is 0 Å². The van der Waals surface area contributed by atoms with Crippen LogP contribution in [0.1, 0.15) is 36.2 Å². The van der Waals surface area contributed by atoms with Crippen LogP contribution in [0.25, 0.3) is 11.0 Å². The van der Waals surface area contributed by atoms with Gasteiger partial charge in [-0.2, -0.15) is 0 Å². The maximum Gasteiger partial charge on any atom is 0.287 e. The fraction of sp³-hybridized carbons (Fsp3) is 0.400. The molecule has 1 amide bonds. The van der Waals surface area contributed by atoms with Crippen LogP contribution in [-0.2, 0) is 0 Å². The van der Waals surface area contributed by atoms with E-state index in [-0.39, 0.29) is 11.4 Å². The molecule has 1 saturated carbocycles. The van der Waals surface area contributed by atoms with Crippen LogP contribution in [0.5, 0.6) is 0 Å². The standard InChI is InChI=1S/C15H16BrNO2/c16-10-15(7-3-4-8-15)17-14(18)13-9-11-5-1-2-6-12(11)19-13/h1-2,5-6,9H,3-4,7-8,10H2,(H,17,18). The van der Waals surface area contributed by atoms with E-state index in [1.807, 2.05) is 30.3 Å². The molecule has 1 fully saturated rings. The molecule has 19 heavy (non-hydrogen) atoms. The molecule has 1 aliphatic rings. The summed E-state index contributed by atoms with van der Waals surface area (Å²) in [5.74, 6) is 0.283. The molecule has 2 aromatic rings. The van der Waals surface area contributed by atoms with Gasteiger partial charge in [0.15, 0.2) is 5.76 Å². The van der Waals surface area contributed by atoms with Crippen LogP contribution in [0.3, 0.4) is 0 Å². The number of carbonyl (C=O) groups excluding carboxylic acids is 1. The van der Waals surface area contributed by atoms with E-state index in [4.69, 9.17) is 4.42 Å². The average molecular weight is 322 g/mol. The van der Waals surface area contributed by atoms with Gasteiger partial charge in [0.2, 0.25) is 0 Å². The zero-order valence-electron chi connectivity index (χ0n) is 10.6. The maximum atomic E-state index is 12.3. The van der Waals surface area contributed by atoms with E-state index in [9.17, 15) is 4.79 Å². The van der Waals surface area contributed by atoms with Gasteiger partial charge in [0.1, 0.15) is 5.58 Å². The first-order chi connectivity index (χ1) is 9.22. The first-order valence-electron chi connectivity index (χ1n) is 6.59. The molecular weight excluding hydrogens is 306 g/mol. The van der Waals surface area contributed by atoms with Gasteiger partial charge in [-0.25, -0.2) is 0 Å². The number of hydrogen-bond acceptors (Lipinski definition) is 2. The summed E-state index contributed by atoms with van der Waals surface area (Å²) in [6, 6.07) is 9.48. The van der Waals surface area contributed by atoms with Crippen molar-refractivity contribution in [2.24, 2.45) is 0 Å². The molecule has 0 aliphatic heterocycles. The first kappa shape index (κ1) is 12.7. The zero-order chi connectivity index (χ0) is 13.3. The number of fused-ring (bicyclic) bond motifs is 1. The van der Waals surface area contributed by atoms with Crippen LogP contribution in [0.4, 0.5) is 0 Å². The summed E-state index contributed by atoms with van der Waals surface area (Å²) < 4.78 is 5.60. The highest BCUT2D eigenvalue weighted by Gasteiger charge is 2.35. The Morgan fingerprint density at radius 2 is 2.05 bits per heavy atom. The van der Waals surface area contributed by atoms with Crippen molar-refractivity contribution < 1.29 is 9.21 Å². The second kappa shape index (κ2) is 5.00. The van der Waals surface area contributed by atoms with Gasteiger partial charge in [-0.3, -0.25) is 4.79 Å². The Morgan fingerprint density at radius 1 is 1.32 bits per heavy atom. The Balaban J connectivity index is 1.83. The molecule has 0 radical (unpaired) electrons. The lowest BCUT2D eigenvalue weighted by molar-refractivity contribution is 0.0884. The van der Waals surface area contributed by atoms with Gasteiger partial charge in [0.25, 0.3) is 5.91 Å². The van der Waals surface area contributed by atoms with E-state index < -0.39 is 0 Å². The van der Waals surface area contributed by atoms with E-state index in [1.54, 1.807) is 0 Å². The molecule has 0 bridgehead atoms. The molecule has 0 atom stereocenters. The minimum Gasteiger partial charge on any atom is -0.451 e. The molecule has 1 N–H and O–H groups in total. The molecule has 0 saturated heterocycles. The molecule has 3 nitrogen and oxygen atoms in total. The maximum absolute atomic E-state index is 12.3. The average Bonchev–Trinajstić information content (AvgIpc) is 3.05. The summed E-state index contributed by atoms with van der Waals surface area (Å²) in [4.78, 5) is 12.3. The van der Waals surface area contributed by atoms with Crippen molar-refractivity contribution in [3.05, 3.63) is 36.1 Å². The molecule has 1 heterocycles. The lowest BCUT2D eigenvalue weighted by atomic mass is 10.0. The van der Waals surface area contributed by atoms with Crippen LogP contribution in [-0.4, -0.2) is 16.8 Å². The number of halogens is 1.